The quantitative estimate of drug-likeness (QED) is 0.581. The molecule has 0 spiro atoms. The Hall–Kier alpha value is -3.09. The average Bonchev–Trinajstić information content (AvgIpc) is 3.22. The highest BCUT2D eigenvalue weighted by Gasteiger charge is 2.18. The van der Waals surface area contributed by atoms with E-state index in [-0.39, 0.29) is 11.4 Å². The zero-order valence-electron chi connectivity index (χ0n) is 12.8. The summed E-state index contributed by atoms with van der Waals surface area (Å²) in [5, 5.41) is 4.17. The van der Waals surface area contributed by atoms with E-state index >= 15 is 0 Å². The molecule has 4 aromatic rings. The number of rotatable bonds is 3. The topological polar surface area (TPSA) is 48.0 Å². The first-order valence-electron chi connectivity index (χ1n) is 7.39. The third kappa shape index (κ3) is 2.25. The fraction of sp³-hybridized carbons (Fsp3) is 0.118. The van der Waals surface area contributed by atoms with E-state index in [2.05, 4.69) is 15.1 Å². The Morgan fingerprint density at radius 1 is 1.08 bits per heavy atom. The molecule has 0 unspecified atom stereocenters. The maximum absolute atomic E-state index is 14.4. The second kappa shape index (κ2) is 5.52. The van der Waals surface area contributed by atoms with Crippen molar-refractivity contribution in [1.82, 2.24) is 24.1 Å². The van der Waals surface area contributed by atoms with Crippen LogP contribution in [-0.2, 0) is 6.54 Å². The van der Waals surface area contributed by atoms with E-state index < -0.39 is 11.6 Å². The van der Waals surface area contributed by atoms with E-state index in [0.717, 1.165) is 5.69 Å². The van der Waals surface area contributed by atoms with Gasteiger partial charge in [-0.15, -0.1) is 0 Å². The van der Waals surface area contributed by atoms with Crippen molar-refractivity contribution in [2.24, 2.45) is 0 Å². The molecule has 5 nitrogen and oxygen atoms in total. The standard InChI is InChI=1S/C17H13F2N5/c1-11-5-6-13(18)15(16(11)19)17-20-7-8-23(17)9-12-3-2-4-14-21-10-22-24(12)14/h2-8,10H,9H2,1H3. The van der Waals surface area contributed by atoms with Crippen LogP contribution in [0, 0.1) is 18.6 Å². The molecule has 0 aliphatic heterocycles. The first-order chi connectivity index (χ1) is 11.6. The van der Waals surface area contributed by atoms with E-state index in [1.54, 1.807) is 22.2 Å². The summed E-state index contributed by atoms with van der Waals surface area (Å²) in [6.45, 7) is 1.96. The van der Waals surface area contributed by atoms with Gasteiger partial charge >= 0.3 is 0 Å². The van der Waals surface area contributed by atoms with E-state index in [9.17, 15) is 8.78 Å². The second-order valence-corrected chi connectivity index (χ2v) is 5.48. The largest absolute Gasteiger partial charge is 0.325 e. The van der Waals surface area contributed by atoms with E-state index in [4.69, 9.17) is 0 Å². The predicted octanol–water partition coefficient (Wildman–Crippen LogP) is 3.23. The van der Waals surface area contributed by atoms with Gasteiger partial charge in [0.1, 0.15) is 23.8 Å². The number of imidazole rings is 1. The molecule has 0 aliphatic carbocycles. The number of aromatic nitrogens is 5. The number of pyridine rings is 1. The van der Waals surface area contributed by atoms with E-state index in [1.807, 2.05) is 18.2 Å². The average molecular weight is 325 g/mol. The van der Waals surface area contributed by atoms with Crippen LogP contribution in [0.15, 0.2) is 49.1 Å². The molecule has 4 rings (SSSR count). The van der Waals surface area contributed by atoms with Crippen LogP contribution in [0.25, 0.3) is 17.0 Å². The number of hydrogen-bond donors (Lipinski definition) is 0. The number of halogens is 2. The van der Waals surface area contributed by atoms with E-state index in [0.29, 0.717) is 17.8 Å². The number of fused-ring (bicyclic) bond motifs is 1. The zero-order valence-corrected chi connectivity index (χ0v) is 12.8. The monoisotopic (exact) mass is 325 g/mol. The van der Waals surface area contributed by atoms with Gasteiger partial charge in [0.25, 0.3) is 0 Å². The number of aryl methyl sites for hydroxylation is 1. The molecule has 0 saturated heterocycles. The first kappa shape index (κ1) is 14.5. The zero-order chi connectivity index (χ0) is 16.7. The molecule has 24 heavy (non-hydrogen) atoms. The minimum absolute atomic E-state index is 0.120. The molecule has 0 bridgehead atoms. The van der Waals surface area contributed by atoms with Crippen molar-refractivity contribution in [3.63, 3.8) is 0 Å². The van der Waals surface area contributed by atoms with Gasteiger partial charge in [-0.3, -0.25) is 0 Å². The van der Waals surface area contributed by atoms with Crippen LogP contribution < -0.4 is 0 Å². The molecule has 0 amide bonds. The Bertz CT molecular complexity index is 1030. The van der Waals surface area contributed by atoms with Gasteiger partial charge in [0.15, 0.2) is 5.65 Å². The lowest BCUT2D eigenvalue weighted by atomic mass is 10.1. The van der Waals surface area contributed by atoms with Crippen molar-refractivity contribution in [2.45, 2.75) is 13.5 Å². The van der Waals surface area contributed by atoms with Gasteiger partial charge in [-0.05, 0) is 30.7 Å². The number of nitrogens with zero attached hydrogens (tertiary/aromatic N) is 5. The SMILES string of the molecule is Cc1ccc(F)c(-c2nccn2Cc2cccc3ncnn23)c1F. The summed E-state index contributed by atoms with van der Waals surface area (Å²) < 4.78 is 32.0. The Morgan fingerprint density at radius 2 is 1.96 bits per heavy atom. The number of hydrogen-bond acceptors (Lipinski definition) is 3. The van der Waals surface area contributed by atoms with Crippen molar-refractivity contribution >= 4 is 5.65 Å². The van der Waals surface area contributed by atoms with Crippen molar-refractivity contribution in [2.75, 3.05) is 0 Å². The van der Waals surface area contributed by atoms with Crippen LogP contribution in [0.3, 0.4) is 0 Å². The summed E-state index contributed by atoms with van der Waals surface area (Å²) in [6.07, 6.45) is 4.68. The summed E-state index contributed by atoms with van der Waals surface area (Å²) in [5.41, 5.74) is 1.80. The Labute approximate surface area is 136 Å². The first-order valence-corrected chi connectivity index (χ1v) is 7.39. The lowest BCUT2D eigenvalue weighted by Crippen LogP contribution is -2.08. The molecule has 3 aromatic heterocycles. The molecule has 120 valence electrons. The molecule has 0 atom stereocenters. The van der Waals surface area contributed by atoms with Gasteiger partial charge in [0, 0.05) is 12.4 Å². The third-order valence-electron chi connectivity index (χ3n) is 3.94. The van der Waals surface area contributed by atoms with Crippen molar-refractivity contribution < 1.29 is 8.78 Å². The molecule has 0 aliphatic rings. The van der Waals surface area contributed by atoms with Gasteiger partial charge in [-0.1, -0.05) is 12.1 Å². The van der Waals surface area contributed by atoms with Crippen LogP contribution in [-0.4, -0.2) is 24.1 Å². The van der Waals surface area contributed by atoms with Crippen LogP contribution in [0.5, 0.6) is 0 Å². The maximum atomic E-state index is 14.4. The highest BCUT2D eigenvalue weighted by Crippen LogP contribution is 2.27. The van der Waals surface area contributed by atoms with Gasteiger partial charge in [-0.25, -0.2) is 23.3 Å². The molecule has 7 heteroatoms. The summed E-state index contributed by atoms with van der Waals surface area (Å²) in [7, 11) is 0. The lowest BCUT2D eigenvalue weighted by Gasteiger charge is -2.11. The fourth-order valence-electron chi connectivity index (χ4n) is 2.72. The van der Waals surface area contributed by atoms with Gasteiger partial charge < -0.3 is 4.57 Å². The maximum Gasteiger partial charge on any atom is 0.155 e. The Kier molecular flexibility index (Phi) is 3.34. The van der Waals surface area contributed by atoms with Crippen molar-refractivity contribution in [3.8, 4) is 11.4 Å². The molecule has 0 N–H and O–H groups in total. The van der Waals surface area contributed by atoms with E-state index in [1.165, 1.54) is 24.7 Å². The van der Waals surface area contributed by atoms with Gasteiger partial charge in [0.2, 0.25) is 0 Å². The molecule has 1 aromatic carbocycles. The highest BCUT2D eigenvalue weighted by atomic mass is 19.1. The molecular weight excluding hydrogens is 312 g/mol. The van der Waals surface area contributed by atoms with Crippen LogP contribution in [0.1, 0.15) is 11.3 Å². The minimum Gasteiger partial charge on any atom is -0.325 e. The third-order valence-corrected chi connectivity index (χ3v) is 3.94. The summed E-state index contributed by atoms with van der Waals surface area (Å²) >= 11 is 0. The van der Waals surface area contributed by atoms with Gasteiger partial charge in [-0.2, -0.15) is 5.10 Å². The van der Waals surface area contributed by atoms with Crippen molar-refractivity contribution in [3.05, 3.63) is 71.9 Å². The Morgan fingerprint density at radius 3 is 2.83 bits per heavy atom. The van der Waals surface area contributed by atoms with Gasteiger partial charge in [0.05, 0.1) is 17.8 Å². The van der Waals surface area contributed by atoms with Crippen LogP contribution in [0.4, 0.5) is 8.78 Å². The fourth-order valence-corrected chi connectivity index (χ4v) is 2.72. The Balaban J connectivity index is 1.82. The summed E-state index contributed by atoms with van der Waals surface area (Å²) in [5.74, 6) is -0.989. The predicted molar refractivity (Wildman–Crippen MR) is 84.4 cm³/mol. The molecule has 3 heterocycles. The molecule has 0 radical (unpaired) electrons. The summed E-state index contributed by atoms with van der Waals surface area (Å²) in [6, 6.07) is 8.26. The highest BCUT2D eigenvalue weighted by molar-refractivity contribution is 5.59. The second-order valence-electron chi connectivity index (χ2n) is 5.48. The molecule has 0 fully saturated rings. The number of benzene rings is 1. The smallest absolute Gasteiger partial charge is 0.155 e. The molecule has 0 saturated carbocycles. The van der Waals surface area contributed by atoms with Crippen molar-refractivity contribution in [1.29, 1.82) is 0 Å². The lowest BCUT2D eigenvalue weighted by molar-refractivity contribution is 0.578. The summed E-state index contributed by atoms with van der Waals surface area (Å²) in [4.78, 5) is 8.29. The van der Waals surface area contributed by atoms with Crippen LogP contribution in [0.2, 0.25) is 0 Å². The van der Waals surface area contributed by atoms with Crippen LogP contribution >= 0.6 is 0 Å². The minimum atomic E-state index is -0.635. The molecular formula is C17H13F2N5. The normalized spacial score (nSPS) is 11.3.